The minimum absolute atomic E-state index is 0.00216. The van der Waals surface area contributed by atoms with E-state index in [0.717, 1.165) is 11.4 Å². The van der Waals surface area contributed by atoms with Crippen molar-refractivity contribution in [2.75, 3.05) is 5.75 Å². The van der Waals surface area contributed by atoms with Gasteiger partial charge in [-0.2, -0.15) is 0 Å². The summed E-state index contributed by atoms with van der Waals surface area (Å²) < 4.78 is 0. The Kier molecular flexibility index (Phi) is 5.38. The predicted molar refractivity (Wildman–Crippen MR) is 84.2 cm³/mol. The molecule has 112 valence electrons. The summed E-state index contributed by atoms with van der Waals surface area (Å²) in [6, 6.07) is 9.90. The first-order valence-corrected chi connectivity index (χ1v) is 7.94. The number of hydrogen-bond acceptors (Lipinski definition) is 4. The Balaban J connectivity index is 1.82. The molecule has 1 aromatic carbocycles. The number of carbonyl (C=O) groups is 1. The lowest BCUT2D eigenvalue weighted by Crippen LogP contribution is -2.28. The molecule has 2 rings (SSSR count). The summed E-state index contributed by atoms with van der Waals surface area (Å²) >= 11 is 1.34. The third kappa shape index (κ3) is 4.60. The number of aromatic nitrogens is 3. The lowest BCUT2D eigenvalue weighted by molar-refractivity contribution is -0.119. The van der Waals surface area contributed by atoms with Gasteiger partial charge in [0.15, 0.2) is 0 Å². The number of H-pyrrole nitrogens is 1. The molecule has 6 heteroatoms. The normalized spacial score (nSPS) is 12.4. The molecule has 1 heterocycles. The van der Waals surface area contributed by atoms with E-state index in [1.807, 2.05) is 51.1 Å². The van der Waals surface area contributed by atoms with Gasteiger partial charge in [0.2, 0.25) is 11.1 Å². The second kappa shape index (κ2) is 7.26. The third-order valence-electron chi connectivity index (χ3n) is 3.04. The molecule has 0 saturated heterocycles. The van der Waals surface area contributed by atoms with Crippen LogP contribution in [0.2, 0.25) is 0 Å². The van der Waals surface area contributed by atoms with Crippen molar-refractivity contribution in [3.63, 3.8) is 0 Å². The SMILES string of the molecule is CC(C)c1nc(SCC(=O)NC(C)c2ccccc2)n[nH]1. The Morgan fingerprint density at radius 3 is 2.62 bits per heavy atom. The molecule has 0 aliphatic rings. The molecule has 2 N–H and O–H groups in total. The average molecular weight is 304 g/mol. The van der Waals surface area contributed by atoms with Crippen LogP contribution in [-0.2, 0) is 4.79 Å². The van der Waals surface area contributed by atoms with Gasteiger partial charge in [-0.1, -0.05) is 55.9 Å². The molecule has 0 bridgehead atoms. The van der Waals surface area contributed by atoms with E-state index in [-0.39, 0.29) is 11.9 Å². The van der Waals surface area contributed by atoms with Crippen LogP contribution >= 0.6 is 11.8 Å². The third-order valence-corrected chi connectivity index (χ3v) is 3.89. The van der Waals surface area contributed by atoms with Crippen molar-refractivity contribution in [1.82, 2.24) is 20.5 Å². The largest absolute Gasteiger partial charge is 0.349 e. The van der Waals surface area contributed by atoms with E-state index >= 15 is 0 Å². The van der Waals surface area contributed by atoms with Crippen molar-refractivity contribution >= 4 is 17.7 Å². The van der Waals surface area contributed by atoms with Crippen molar-refractivity contribution in [2.24, 2.45) is 0 Å². The molecule has 0 saturated carbocycles. The van der Waals surface area contributed by atoms with Gasteiger partial charge in [-0.15, -0.1) is 5.10 Å². The Morgan fingerprint density at radius 1 is 1.29 bits per heavy atom. The lowest BCUT2D eigenvalue weighted by Gasteiger charge is -2.13. The van der Waals surface area contributed by atoms with E-state index in [0.29, 0.717) is 16.8 Å². The van der Waals surface area contributed by atoms with Gasteiger partial charge in [0.25, 0.3) is 0 Å². The van der Waals surface area contributed by atoms with Gasteiger partial charge in [0.05, 0.1) is 11.8 Å². The number of rotatable bonds is 6. The highest BCUT2D eigenvalue weighted by Crippen LogP contribution is 2.16. The minimum Gasteiger partial charge on any atom is -0.349 e. The molecule has 0 fully saturated rings. The highest BCUT2D eigenvalue weighted by Gasteiger charge is 2.12. The summed E-state index contributed by atoms with van der Waals surface area (Å²) in [7, 11) is 0. The van der Waals surface area contributed by atoms with Crippen LogP contribution in [0.1, 0.15) is 44.1 Å². The quantitative estimate of drug-likeness (QED) is 0.805. The molecule has 1 aromatic heterocycles. The number of nitrogens with one attached hydrogen (secondary N) is 2. The minimum atomic E-state index is -0.0211. The summed E-state index contributed by atoms with van der Waals surface area (Å²) in [4.78, 5) is 16.3. The van der Waals surface area contributed by atoms with Gasteiger partial charge in [-0.05, 0) is 12.5 Å². The molecule has 1 amide bonds. The molecule has 2 aromatic rings. The van der Waals surface area contributed by atoms with E-state index in [2.05, 4.69) is 20.5 Å². The molecular formula is C15H20N4OS. The van der Waals surface area contributed by atoms with Crippen LogP contribution < -0.4 is 5.32 Å². The van der Waals surface area contributed by atoms with Crippen LogP contribution in [0.25, 0.3) is 0 Å². The van der Waals surface area contributed by atoms with Gasteiger partial charge in [0, 0.05) is 5.92 Å². The van der Waals surface area contributed by atoms with Crippen molar-refractivity contribution in [1.29, 1.82) is 0 Å². The van der Waals surface area contributed by atoms with E-state index in [4.69, 9.17) is 0 Å². The van der Waals surface area contributed by atoms with Gasteiger partial charge in [-0.25, -0.2) is 4.98 Å². The maximum absolute atomic E-state index is 11.9. The Bertz CT molecular complexity index is 582. The van der Waals surface area contributed by atoms with Crippen LogP contribution in [0, 0.1) is 0 Å². The highest BCUT2D eigenvalue weighted by atomic mass is 32.2. The number of amides is 1. The first-order valence-electron chi connectivity index (χ1n) is 6.95. The van der Waals surface area contributed by atoms with Crippen molar-refractivity contribution in [3.8, 4) is 0 Å². The van der Waals surface area contributed by atoms with Gasteiger partial charge >= 0.3 is 0 Å². The van der Waals surface area contributed by atoms with Gasteiger partial charge in [-0.3, -0.25) is 9.89 Å². The van der Waals surface area contributed by atoms with Crippen molar-refractivity contribution in [3.05, 3.63) is 41.7 Å². The number of benzene rings is 1. The van der Waals surface area contributed by atoms with Crippen LogP contribution in [0.3, 0.4) is 0 Å². The second-order valence-corrected chi connectivity index (χ2v) is 6.09. The zero-order valence-electron chi connectivity index (χ0n) is 12.5. The fraction of sp³-hybridized carbons (Fsp3) is 0.400. The molecule has 0 aliphatic heterocycles. The molecule has 21 heavy (non-hydrogen) atoms. The van der Waals surface area contributed by atoms with Crippen LogP contribution in [-0.4, -0.2) is 26.8 Å². The number of hydrogen-bond donors (Lipinski definition) is 2. The van der Waals surface area contributed by atoms with Crippen LogP contribution in [0.4, 0.5) is 0 Å². The molecule has 1 atom stereocenters. The first-order chi connectivity index (χ1) is 10.1. The summed E-state index contributed by atoms with van der Waals surface area (Å²) in [6.45, 7) is 6.06. The summed E-state index contributed by atoms with van der Waals surface area (Å²) in [5.74, 6) is 1.44. The predicted octanol–water partition coefficient (Wildman–Crippen LogP) is 2.90. The number of thioether (sulfide) groups is 1. The second-order valence-electron chi connectivity index (χ2n) is 5.15. The average Bonchev–Trinajstić information content (AvgIpc) is 2.95. The first kappa shape index (κ1) is 15.6. The zero-order chi connectivity index (χ0) is 15.2. The topological polar surface area (TPSA) is 70.7 Å². The molecule has 0 radical (unpaired) electrons. The number of carbonyl (C=O) groups excluding carboxylic acids is 1. The van der Waals surface area contributed by atoms with Crippen LogP contribution in [0.5, 0.6) is 0 Å². The Hall–Kier alpha value is -1.82. The lowest BCUT2D eigenvalue weighted by atomic mass is 10.1. The number of nitrogens with zero attached hydrogens (tertiary/aromatic N) is 2. The number of aromatic amines is 1. The maximum atomic E-state index is 11.9. The molecule has 0 aliphatic carbocycles. The smallest absolute Gasteiger partial charge is 0.230 e. The Labute approximate surface area is 128 Å². The van der Waals surface area contributed by atoms with E-state index in [1.165, 1.54) is 11.8 Å². The van der Waals surface area contributed by atoms with E-state index in [1.54, 1.807) is 0 Å². The van der Waals surface area contributed by atoms with Gasteiger partial charge < -0.3 is 5.32 Å². The van der Waals surface area contributed by atoms with E-state index < -0.39 is 0 Å². The molecule has 0 spiro atoms. The standard InChI is InChI=1S/C15H20N4OS/c1-10(2)14-17-15(19-18-14)21-9-13(20)16-11(3)12-7-5-4-6-8-12/h4-8,10-11H,9H2,1-3H3,(H,16,20)(H,17,18,19). The summed E-state index contributed by atoms with van der Waals surface area (Å²) in [5, 5.41) is 10.6. The monoisotopic (exact) mass is 304 g/mol. The maximum Gasteiger partial charge on any atom is 0.230 e. The Morgan fingerprint density at radius 2 is 2.00 bits per heavy atom. The fourth-order valence-electron chi connectivity index (χ4n) is 1.82. The van der Waals surface area contributed by atoms with Crippen LogP contribution in [0.15, 0.2) is 35.5 Å². The van der Waals surface area contributed by atoms with E-state index in [9.17, 15) is 4.79 Å². The molecular weight excluding hydrogens is 284 g/mol. The van der Waals surface area contributed by atoms with Crippen molar-refractivity contribution in [2.45, 2.75) is 37.9 Å². The molecule has 5 nitrogen and oxygen atoms in total. The fourth-order valence-corrected chi connectivity index (χ4v) is 2.44. The zero-order valence-corrected chi connectivity index (χ0v) is 13.3. The molecule has 1 unspecified atom stereocenters. The summed E-state index contributed by atoms with van der Waals surface area (Å²) in [6.07, 6.45) is 0. The van der Waals surface area contributed by atoms with Crippen molar-refractivity contribution < 1.29 is 4.79 Å². The van der Waals surface area contributed by atoms with Gasteiger partial charge in [0.1, 0.15) is 5.82 Å². The highest BCUT2D eigenvalue weighted by molar-refractivity contribution is 7.99. The summed E-state index contributed by atoms with van der Waals surface area (Å²) in [5.41, 5.74) is 1.09.